The fraction of sp³-hybridized carbons (Fsp3) is 0.706. The number of rotatable bonds is 3. The lowest BCUT2D eigenvalue weighted by Crippen LogP contribution is -2.59. The molecule has 4 rings (SSSR count). The van der Waals surface area contributed by atoms with Gasteiger partial charge in [0.15, 0.2) is 9.84 Å². The van der Waals surface area contributed by atoms with Gasteiger partial charge in [0.25, 0.3) is 0 Å². The highest BCUT2D eigenvalue weighted by Crippen LogP contribution is 2.45. The Hall–Kier alpha value is -1.90. The number of H-pyrrole nitrogens is 1. The van der Waals surface area contributed by atoms with Crippen molar-refractivity contribution in [2.45, 2.75) is 37.6 Å². The van der Waals surface area contributed by atoms with E-state index in [1.165, 1.54) is 0 Å². The van der Waals surface area contributed by atoms with Crippen molar-refractivity contribution >= 4 is 21.7 Å². The molecule has 0 unspecified atom stereocenters. The van der Waals surface area contributed by atoms with Crippen LogP contribution >= 0.6 is 0 Å². The molecule has 2 fully saturated rings. The molecule has 2 aliphatic heterocycles. The van der Waals surface area contributed by atoms with E-state index in [1.807, 2.05) is 4.90 Å². The molecule has 8 nitrogen and oxygen atoms in total. The van der Waals surface area contributed by atoms with Crippen molar-refractivity contribution < 1.29 is 18.0 Å². The second-order valence-corrected chi connectivity index (χ2v) is 9.87. The number of likely N-dealkylation sites (tertiary alicyclic amines) is 1. The summed E-state index contributed by atoms with van der Waals surface area (Å²) in [6.07, 6.45) is 6.63. The van der Waals surface area contributed by atoms with Crippen molar-refractivity contribution in [1.82, 2.24) is 19.8 Å². The summed E-state index contributed by atoms with van der Waals surface area (Å²) in [4.78, 5) is 36.5. The fourth-order valence-corrected chi connectivity index (χ4v) is 4.93. The molecule has 142 valence electrons. The minimum atomic E-state index is -3.35. The van der Waals surface area contributed by atoms with Gasteiger partial charge in [-0.1, -0.05) is 0 Å². The summed E-state index contributed by atoms with van der Waals surface area (Å²) in [5.41, 5.74) is 1.52. The molecule has 26 heavy (non-hydrogen) atoms. The van der Waals surface area contributed by atoms with Crippen molar-refractivity contribution in [1.29, 1.82) is 0 Å². The molecule has 3 aliphatic rings. The summed E-state index contributed by atoms with van der Waals surface area (Å²) in [5.74, 6) is -0.481. The lowest BCUT2D eigenvalue weighted by Gasteiger charge is -2.50. The van der Waals surface area contributed by atoms with Crippen molar-refractivity contribution in [3.8, 4) is 0 Å². The topological polar surface area (TPSA) is 103 Å². The third-order valence-corrected chi connectivity index (χ3v) is 6.55. The molecule has 1 saturated carbocycles. The molecule has 0 radical (unpaired) electrons. The number of piperidine rings is 1. The Labute approximate surface area is 152 Å². The Bertz CT molecular complexity index is 835. The highest BCUT2D eigenvalue weighted by Gasteiger charge is 2.51. The molecule has 0 bridgehead atoms. The maximum atomic E-state index is 12.9. The van der Waals surface area contributed by atoms with Gasteiger partial charge < -0.3 is 14.8 Å². The first-order valence-corrected chi connectivity index (χ1v) is 11.2. The number of carbonyl (C=O) groups excluding carboxylic acids is 2. The van der Waals surface area contributed by atoms with Crippen LogP contribution in [0.4, 0.5) is 0 Å². The molecule has 3 heterocycles. The summed E-state index contributed by atoms with van der Waals surface area (Å²) in [6, 6.07) is 0. The van der Waals surface area contributed by atoms with Crippen molar-refractivity contribution in [2.75, 3.05) is 31.6 Å². The Morgan fingerprint density at radius 2 is 1.96 bits per heavy atom. The molecule has 1 saturated heterocycles. The zero-order chi connectivity index (χ0) is 18.5. The summed E-state index contributed by atoms with van der Waals surface area (Å²) >= 11 is 0. The predicted octanol–water partition coefficient (Wildman–Crippen LogP) is 0.0667. The summed E-state index contributed by atoms with van der Waals surface area (Å²) in [6.45, 7) is 1.55. The van der Waals surface area contributed by atoms with Crippen LogP contribution in [0.3, 0.4) is 0 Å². The number of sulfone groups is 1. The number of aromatic amines is 1. The second-order valence-electron chi connectivity index (χ2n) is 7.73. The van der Waals surface area contributed by atoms with E-state index in [0.29, 0.717) is 32.5 Å². The first-order chi connectivity index (χ1) is 12.3. The number of imidazole rings is 1. The van der Waals surface area contributed by atoms with Gasteiger partial charge in [0, 0.05) is 43.9 Å². The number of fused-ring (bicyclic) bond motifs is 2. The molecular weight excluding hydrogens is 356 g/mol. The number of nitrogens with zero attached hydrogens (tertiary/aromatic N) is 3. The van der Waals surface area contributed by atoms with Crippen LogP contribution in [0.1, 0.15) is 37.1 Å². The Balaban J connectivity index is 1.58. The Morgan fingerprint density at radius 1 is 1.27 bits per heavy atom. The maximum absolute atomic E-state index is 12.9. The largest absolute Gasteiger partial charge is 0.348 e. The molecule has 0 atom stereocenters. The lowest BCUT2D eigenvalue weighted by atomic mass is 9.78. The standard InChI is InChI=1S/C17H24N4O4S/c1-26(24,25)10-14(22)20-8-5-17(6-9-20)15-13(18-11-19-15)4-7-21(17)16(23)12-2-3-12/h11-12H,2-10H2,1H3,(H,18,19). The third kappa shape index (κ3) is 3.02. The van der Waals surface area contributed by atoms with E-state index >= 15 is 0 Å². The van der Waals surface area contributed by atoms with Gasteiger partial charge in [0.1, 0.15) is 5.75 Å². The highest BCUT2D eigenvalue weighted by molar-refractivity contribution is 7.91. The van der Waals surface area contributed by atoms with Gasteiger partial charge in [-0.05, 0) is 25.7 Å². The smallest absolute Gasteiger partial charge is 0.237 e. The number of amides is 2. The highest BCUT2D eigenvalue weighted by atomic mass is 32.2. The maximum Gasteiger partial charge on any atom is 0.237 e. The molecular formula is C17H24N4O4S. The van der Waals surface area contributed by atoms with E-state index in [-0.39, 0.29) is 17.7 Å². The molecule has 1 spiro atoms. The number of carbonyl (C=O) groups is 2. The van der Waals surface area contributed by atoms with Crippen molar-refractivity contribution in [2.24, 2.45) is 5.92 Å². The van der Waals surface area contributed by atoms with Crippen LogP contribution in [-0.2, 0) is 31.4 Å². The van der Waals surface area contributed by atoms with Gasteiger partial charge in [0.2, 0.25) is 11.8 Å². The molecule has 1 aliphatic carbocycles. The van der Waals surface area contributed by atoms with E-state index in [2.05, 4.69) is 9.97 Å². The van der Waals surface area contributed by atoms with Crippen LogP contribution in [0.25, 0.3) is 0 Å². The second kappa shape index (κ2) is 6.07. The average molecular weight is 380 g/mol. The Kier molecular flexibility index (Phi) is 4.09. The van der Waals surface area contributed by atoms with E-state index in [1.54, 1.807) is 11.2 Å². The number of hydrogen-bond donors (Lipinski definition) is 1. The van der Waals surface area contributed by atoms with Gasteiger partial charge in [0.05, 0.1) is 17.6 Å². The zero-order valence-electron chi connectivity index (χ0n) is 14.9. The fourth-order valence-electron chi connectivity index (χ4n) is 4.30. The van der Waals surface area contributed by atoms with Gasteiger partial charge in [-0.25, -0.2) is 13.4 Å². The predicted molar refractivity (Wildman–Crippen MR) is 93.9 cm³/mol. The SMILES string of the molecule is CS(=O)(=O)CC(=O)N1CCC2(CC1)c1nc[nH]c1CCN2C(=O)C1CC1. The van der Waals surface area contributed by atoms with Crippen LogP contribution in [0.5, 0.6) is 0 Å². The molecule has 1 N–H and O–H groups in total. The van der Waals surface area contributed by atoms with Gasteiger partial charge in [-0.3, -0.25) is 9.59 Å². The van der Waals surface area contributed by atoms with Crippen LogP contribution in [0, 0.1) is 5.92 Å². The van der Waals surface area contributed by atoms with E-state index in [0.717, 1.165) is 36.9 Å². The third-order valence-electron chi connectivity index (χ3n) is 5.78. The minimum Gasteiger partial charge on any atom is -0.348 e. The van der Waals surface area contributed by atoms with Gasteiger partial charge in [-0.15, -0.1) is 0 Å². The summed E-state index contributed by atoms with van der Waals surface area (Å²) < 4.78 is 22.8. The first-order valence-electron chi connectivity index (χ1n) is 9.10. The van der Waals surface area contributed by atoms with Crippen molar-refractivity contribution in [3.05, 3.63) is 17.7 Å². The molecule has 0 aromatic carbocycles. The van der Waals surface area contributed by atoms with Crippen LogP contribution in [-0.4, -0.2) is 71.6 Å². The van der Waals surface area contributed by atoms with Gasteiger partial charge in [-0.2, -0.15) is 0 Å². The first kappa shape index (κ1) is 17.5. The van der Waals surface area contributed by atoms with Crippen molar-refractivity contribution in [3.63, 3.8) is 0 Å². The van der Waals surface area contributed by atoms with E-state index in [4.69, 9.17) is 0 Å². The number of hydrogen-bond acceptors (Lipinski definition) is 5. The molecule has 1 aromatic heterocycles. The zero-order valence-corrected chi connectivity index (χ0v) is 15.7. The monoisotopic (exact) mass is 380 g/mol. The minimum absolute atomic E-state index is 0.136. The summed E-state index contributed by atoms with van der Waals surface area (Å²) in [5, 5.41) is 0. The van der Waals surface area contributed by atoms with Crippen LogP contribution < -0.4 is 0 Å². The summed E-state index contributed by atoms with van der Waals surface area (Å²) in [7, 11) is -3.35. The van der Waals surface area contributed by atoms with Gasteiger partial charge >= 0.3 is 0 Å². The molecule has 1 aromatic rings. The normalized spacial score (nSPS) is 22.3. The molecule has 9 heteroatoms. The van der Waals surface area contributed by atoms with E-state index < -0.39 is 21.1 Å². The quantitative estimate of drug-likeness (QED) is 0.799. The molecule has 2 amide bonds. The Morgan fingerprint density at radius 3 is 2.58 bits per heavy atom. The average Bonchev–Trinajstić information content (AvgIpc) is 3.31. The number of aromatic nitrogens is 2. The van der Waals surface area contributed by atoms with Crippen LogP contribution in [0.2, 0.25) is 0 Å². The lowest BCUT2D eigenvalue weighted by molar-refractivity contribution is -0.145. The number of nitrogens with one attached hydrogen (secondary N) is 1. The van der Waals surface area contributed by atoms with E-state index in [9.17, 15) is 18.0 Å². The van der Waals surface area contributed by atoms with Crippen LogP contribution in [0.15, 0.2) is 6.33 Å².